The van der Waals surface area contributed by atoms with Crippen LogP contribution >= 0.6 is 0 Å². The monoisotopic (exact) mass is 317 g/mol. The van der Waals surface area contributed by atoms with Gasteiger partial charge >= 0.3 is 0 Å². The Morgan fingerprint density at radius 1 is 1.12 bits per heavy atom. The second-order valence-corrected chi connectivity index (χ2v) is 5.41. The minimum atomic E-state index is -0.217. The maximum absolute atomic E-state index is 13.0. The van der Waals surface area contributed by atoms with Crippen molar-refractivity contribution >= 4 is 5.70 Å². The zero-order valence-corrected chi connectivity index (χ0v) is 13.1. The average Bonchev–Trinajstić information content (AvgIpc) is 3.15. The van der Waals surface area contributed by atoms with E-state index in [-0.39, 0.29) is 5.82 Å². The first-order valence-corrected chi connectivity index (χ1v) is 7.70. The number of hydrogen-bond donors (Lipinski definition) is 0. The number of rotatable bonds is 5. The van der Waals surface area contributed by atoms with Crippen LogP contribution in [0.4, 0.5) is 4.39 Å². The van der Waals surface area contributed by atoms with Crippen molar-refractivity contribution in [2.45, 2.75) is 12.8 Å². The Morgan fingerprint density at radius 3 is 2.50 bits per heavy atom. The van der Waals surface area contributed by atoms with Crippen LogP contribution in [0.5, 0.6) is 0 Å². The third-order valence-electron chi connectivity index (χ3n) is 3.78. The van der Waals surface area contributed by atoms with Gasteiger partial charge in [-0.05, 0) is 48.2 Å². The standard InChI is InChI=1S/C20H16FN3/c21-19-10-6-16(7-11-19)2-1-3-20(24-13-12-23-15-24)18-8-4-17(14-22)5-9-18/h3-13,15H,1-2H2. The SMILES string of the molecule is N#Cc1ccc(C(=CCCc2ccc(F)cc2)n2ccnc2)cc1. The molecule has 3 rings (SSSR count). The predicted molar refractivity (Wildman–Crippen MR) is 91.5 cm³/mol. The molecule has 0 amide bonds. The molecule has 4 heteroatoms. The number of allylic oxidation sites excluding steroid dienone is 1. The highest BCUT2D eigenvalue weighted by atomic mass is 19.1. The maximum Gasteiger partial charge on any atom is 0.123 e. The van der Waals surface area contributed by atoms with Gasteiger partial charge in [-0.25, -0.2) is 9.37 Å². The molecule has 0 unspecified atom stereocenters. The lowest BCUT2D eigenvalue weighted by Crippen LogP contribution is -1.97. The molecule has 0 fully saturated rings. The summed E-state index contributed by atoms with van der Waals surface area (Å²) in [5, 5.41) is 8.93. The zero-order valence-electron chi connectivity index (χ0n) is 13.1. The van der Waals surface area contributed by atoms with E-state index in [9.17, 15) is 4.39 Å². The normalized spacial score (nSPS) is 11.2. The quantitative estimate of drug-likeness (QED) is 0.699. The van der Waals surface area contributed by atoms with Gasteiger partial charge in [-0.2, -0.15) is 5.26 Å². The largest absolute Gasteiger partial charge is 0.306 e. The highest BCUT2D eigenvalue weighted by molar-refractivity contribution is 5.66. The minimum Gasteiger partial charge on any atom is -0.306 e. The highest BCUT2D eigenvalue weighted by Gasteiger charge is 2.04. The molecule has 118 valence electrons. The van der Waals surface area contributed by atoms with Gasteiger partial charge < -0.3 is 4.57 Å². The van der Waals surface area contributed by atoms with Crippen molar-refractivity contribution in [3.8, 4) is 6.07 Å². The smallest absolute Gasteiger partial charge is 0.123 e. The number of nitrogens with zero attached hydrogens (tertiary/aromatic N) is 3. The number of benzene rings is 2. The van der Waals surface area contributed by atoms with E-state index >= 15 is 0 Å². The molecule has 3 nitrogen and oxygen atoms in total. The molecule has 0 atom stereocenters. The van der Waals surface area contributed by atoms with Crippen molar-refractivity contribution in [1.29, 1.82) is 5.26 Å². The number of aryl methyl sites for hydroxylation is 1. The fourth-order valence-electron chi connectivity index (χ4n) is 2.52. The van der Waals surface area contributed by atoms with Gasteiger partial charge in [0.25, 0.3) is 0 Å². The van der Waals surface area contributed by atoms with Gasteiger partial charge in [-0.3, -0.25) is 0 Å². The molecule has 1 aromatic heterocycles. The third-order valence-corrected chi connectivity index (χ3v) is 3.78. The lowest BCUT2D eigenvalue weighted by atomic mass is 10.1. The molecule has 0 aliphatic heterocycles. The molecule has 0 aliphatic rings. The van der Waals surface area contributed by atoms with Gasteiger partial charge in [0.05, 0.1) is 18.0 Å². The predicted octanol–water partition coefficient (Wildman–Crippen LogP) is 4.42. The summed E-state index contributed by atoms with van der Waals surface area (Å²) in [6, 6.07) is 16.2. The first kappa shape index (κ1) is 15.7. The van der Waals surface area contributed by atoms with Crippen molar-refractivity contribution in [2.75, 3.05) is 0 Å². The summed E-state index contributed by atoms with van der Waals surface area (Å²) in [7, 11) is 0. The van der Waals surface area contributed by atoms with E-state index in [1.165, 1.54) is 12.1 Å². The van der Waals surface area contributed by atoms with Gasteiger partial charge in [0.1, 0.15) is 5.82 Å². The summed E-state index contributed by atoms with van der Waals surface area (Å²) in [6.45, 7) is 0. The fourth-order valence-corrected chi connectivity index (χ4v) is 2.52. The average molecular weight is 317 g/mol. The number of hydrogen-bond acceptors (Lipinski definition) is 2. The Labute approximate surface area is 140 Å². The van der Waals surface area contributed by atoms with Crippen molar-refractivity contribution in [3.05, 3.63) is 95.8 Å². The molecule has 2 aromatic carbocycles. The molecule has 24 heavy (non-hydrogen) atoms. The topological polar surface area (TPSA) is 41.6 Å². The van der Waals surface area contributed by atoms with Crippen molar-refractivity contribution in [1.82, 2.24) is 9.55 Å². The van der Waals surface area contributed by atoms with E-state index in [4.69, 9.17) is 5.26 Å². The molecule has 0 saturated carbocycles. The fraction of sp³-hybridized carbons (Fsp3) is 0.100. The van der Waals surface area contributed by atoms with E-state index < -0.39 is 0 Å². The van der Waals surface area contributed by atoms with Crippen LogP contribution < -0.4 is 0 Å². The second-order valence-electron chi connectivity index (χ2n) is 5.41. The highest BCUT2D eigenvalue weighted by Crippen LogP contribution is 2.19. The first-order valence-electron chi connectivity index (χ1n) is 7.70. The molecule has 1 heterocycles. The number of imidazole rings is 1. The van der Waals surface area contributed by atoms with E-state index in [2.05, 4.69) is 17.1 Å². The summed E-state index contributed by atoms with van der Waals surface area (Å²) in [5.41, 5.74) is 3.76. The minimum absolute atomic E-state index is 0.217. The summed E-state index contributed by atoms with van der Waals surface area (Å²) in [4.78, 5) is 4.11. The molecule has 0 spiro atoms. The molecule has 3 aromatic rings. The van der Waals surface area contributed by atoms with Crippen LogP contribution in [0.1, 0.15) is 23.1 Å². The van der Waals surface area contributed by atoms with E-state index in [1.807, 2.05) is 35.0 Å². The molecule has 0 bridgehead atoms. The Balaban J connectivity index is 1.82. The molecular formula is C20H16FN3. The van der Waals surface area contributed by atoms with Crippen LogP contribution in [-0.4, -0.2) is 9.55 Å². The lowest BCUT2D eigenvalue weighted by molar-refractivity contribution is 0.627. The maximum atomic E-state index is 13.0. The van der Waals surface area contributed by atoms with Gasteiger partial charge in [-0.15, -0.1) is 0 Å². The van der Waals surface area contributed by atoms with E-state index in [0.29, 0.717) is 5.56 Å². The third kappa shape index (κ3) is 3.76. The first-order chi connectivity index (χ1) is 11.8. The summed E-state index contributed by atoms with van der Waals surface area (Å²) >= 11 is 0. The molecular weight excluding hydrogens is 301 g/mol. The van der Waals surface area contributed by atoms with Gasteiger partial charge in [0.2, 0.25) is 0 Å². The summed E-state index contributed by atoms with van der Waals surface area (Å²) < 4.78 is 14.9. The number of nitriles is 1. The van der Waals surface area contributed by atoms with Gasteiger partial charge in [-0.1, -0.05) is 30.3 Å². The lowest BCUT2D eigenvalue weighted by Gasteiger charge is -2.09. The Kier molecular flexibility index (Phi) is 4.83. The molecule has 0 N–H and O–H groups in total. The van der Waals surface area contributed by atoms with E-state index in [0.717, 1.165) is 29.7 Å². The van der Waals surface area contributed by atoms with Crippen LogP contribution in [0.25, 0.3) is 5.70 Å². The number of aromatic nitrogens is 2. The van der Waals surface area contributed by atoms with Crippen molar-refractivity contribution < 1.29 is 4.39 Å². The number of halogens is 1. The van der Waals surface area contributed by atoms with Crippen molar-refractivity contribution in [2.24, 2.45) is 0 Å². The molecule has 0 aliphatic carbocycles. The molecule has 0 saturated heterocycles. The van der Waals surface area contributed by atoms with Crippen molar-refractivity contribution in [3.63, 3.8) is 0 Å². The van der Waals surface area contributed by atoms with Crippen LogP contribution in [0.2, 0.25) is 0 Å². The van der Waals surface area contributed by atoms with Crippen LogP contribution in [0.3, 0.4) is 0 Å². The Bertz CT molecular complexity index is 855. The zero-order chi connectivity index (χ0) is 16.8. The van der Waals surface area contributed by atoms with E-state index in [1.54, 1.807) is 24.7 Å². The summed E-state index contributed by atoms with van der Waals surface area (Å²) in [6.07, 6.45) is 9.15. The Hall–Kier alpha value is -3.19. The Morgan fingerprint density at radius 2 is 1.88 bits per heavy atom. The van der Waals surface area contributed by atoms with Gasteiger partial charge in [0.15, 0.2) is 0 Å². The van der Waals surface area contributed by atoms with Crippen LogP contribution in [0, 0.1) is 17.1 Å². The summed E-state index contributed by atoms with van der Waals surface area (Å²) in [5.74, 6) is -0.217. The van der Waals surface area contributed by atoms with Gasteiger partial charge in [0, 0.05) is 18.1 Å². The second kappa shape index (κ2) is 7.38. The van der Waals surface area contributed by atoms with Crippen LogP contribution in [0.15, 0.2) is 73.3 Å². The van der Waals surface area contributed by atoms with Crippen LogP contribution in [-0.2, 0) is 6.42 Å². The molecule has 0 radical (unpaired) electrons.